The van der Waals surface area contributed by atoms with Crippen molar-refractivity contribution >= 4 is 11.9 Å². The first-order valence-corrected chi connectivity index (χ1v) is 4.58. The Morgan fingerprint density at radius 3 is 2.73 bits per heavy atom. The Balaban J connectivity index is 2.41. The Labute approximate surface area is 85.0 Å². The van der Waals surface area contributed by atoms with Crippen LogP contribution in [0.25, 0.3) is 0 Å². The fourth-order valence-electron chi connectivity index (χ4n) is 2.16. The van der Waals surface area contributed by atoms with Crippen molar-refractivity contribution in [2.45, 2.75) is 19.4 Å². The molecule has 0 radical (unpaired) electrons. The summed E-state index contributed by atoms with van der Waals surface area (Å²) in [6.07, 6.45) is 1.99. The fraction of sp³-hybridized carbons (Fsp3) is 0.556. The van der Waals surface area contributed by atoms with E-state index in [4.69, 9.17) is 0 Å². The van der Waals surface area contributed by atoms with Gasteiger partial charge in [-0.25, -0.2) is 0 Å². The van der Waals surface area contributed by atoms with Gasteiger partial charge in [-0.1, -0.05) is 6.08 Å². The number of ether oxygens (including phenoxy) is 1. The van der Waals surface area contributed by atoms with Gasteiger partial charge in [0, 0.05) is 4.92 Å². The molecule has 0 N–H and O–H groups in total. The van der Waals surface area contributed by atoms with E-state index >= 15 is 0 Å². The molecular formula is C9H9NO5. The molecule has 0 spiro atoms. The van der Waals surface area contributed by atoms with Gasteiger partial charge in [-0.15, -0.1) is 0 Å². The summed E-state index contributed by atoms with van der Waals surface area (Å²) in [5.41, 5.74) is 0.521. The van der Waals surface area contributed by atoms with Crippen molar-refractivity contribution in [3.05, 3.63) is 21.8 Å². The zero-order valence-electron chi connectivity index (χ0n) is 8.00. The van der Waals surface area contributed by atoms with Gasteiger partial charge in [0.25, 0.3) is 0 Å². The highest BCUT2D eigenvalue weighted by molar-refractivity contribution is 5.97. The van der Waals surface area contributed by atoms with Gasteiger partial charge in [0.2, 0.25) is 6.04 Å². The smallest absolute Gasteiger partial charge is 0.324 e. The molecule has 0 amide bonds. The Hall–Kier alpha value is -1.72. The van der Waals surface area contributed by atoms with E-state index in [0.717, 1.165) is 0 Å². The van der Waals surface area contributed by atoms with E-state index in [0.29, 0.717) is 12.0 Å². The molecule has 2 aliphatic rings. The van der Waals surface area contributed by atoms with Crippen LogP contribution < -0.4 is 0 Å². The van der Waals surface area contributed by atoms with Crippen LogP contribution in [-0.2, 0) is 14.3 Å². The molecule has 15 heavy (non-hydrogen) atoms. The van der Waals surface area contributed by atoms with Gasteiger partial charge >= 0.3 is 11.9 Å². The molecule has 3 unspecified atom stereocenters. The fourth-order valence-corrected chi connectivity index (χ4v) is 2.16. The number of allylic oxidation sites excluding steroid dienone is 1. The second-order valence-electron chi connectivity index (χ2n) is 3.79. The maximum absolute atomic E-state index is 11.3. The second-order valence-corrected chi connectivity index (χ2v) is 3.79. The summed E-state index contributed by atoms with van der Waals surface area (Å²) in [6, 6.07) is -1.11. The van der Waals surface area contributed by atoms with Crippen molar-refractivity contribution < 1.29 is 19.2 Å². The molecule has 80 valence electrons. The van der Waals surface area contributed by atoms with E-state index in [1.165, 1.54) is 0 Å². The van der Waals surface area contributed by atoms with Gasteiger partial charge in [-0.05, 0) is 18.9 Å². The number of rotatable bonds is 1. The molecule has 6 nitrogen and oxygen atoms in total. The van der Waals surface area contributed by atoms with Crippen molar-refractivity contribution in [2.75, 3.05) is 0 Å². The zero-order chi connectivity index (χ0) is 11.2. The Morgan fingerprint density at radius 1 is 1.47 bits per heavy atom. The van der Waals surface area contributed by atoms with Crippen molar-refractivity contribution in [3.63, 3.8) is 0 Å². The molecule has 3 atom stereocenters. The van der Waals surface area contributed by atoms with Crippen LogP contribution in [0.15, 0.2) is 11.6 Å². The van der Waals surface area contributed by atoms with Crippen molar-refractivity contribution in [3.8, 4) is 0 Å². The largest absolute Gasteiger partial charge is 0.392 e. The number of carbonyl (C=O) groups is 2. The highest BCUT2D eigenvalue weighted by atomic mass is 16.6. The molecule has 1 saturated heterocycles. The van der Waals surface area contributed by atoms with E-state index in [9.17, 15) is 19.7 Å². The summed E-state index contributed by atoms with van der Waals surface area (Å²) >= 11 is 0. The van der Waals surface area contributed by atoms with E-state index in [1.807, 2.05) is 0 Å². The summed E-state index contributed by atoms with van der Waals surface area (Å²) in [6.45, 7) is 1.60. The molecule has 6 heteroatoms. The third kappa shape index (κ3) is 1.33. The number of nitro groups is 1. The highest BCUT2D eigenvalue weighted by Gasteiger charge is 2.55. The standard InChI is InChI=1S/C9H9NO5/c1-4-2-3-5-6(7(4)10(13)14)9(12)15-8(5)11/h2,5-7H,3H2,1H3. The minimum Gasteiger partial charge on any atom is -0.392 e. The first kappa shape index (κ1) is 9.82. The highest BCUT2D eigenvalue weighted by Crippen LogP contribution is 2.37. The summed E-state index contributed by atoms with van der Waals surface area (Å²) in [5, 5.41) is 10.8. The van der Waals surface area contributed by atoms with E-state index in [-0.39, 0.29) is 0 Å². The lowest BCUT2D eigenvalue weighted by atomic mass is 9.78. The van der Waals surface area contributed by atoms with Crippen molar-refractivity contribution in [1.82, 2.24) is 0 Å². The van der Waals surface area contributed by atoms with E-state index in [1.54, 1.807) is 13.0 Å². The molecule has 0 aromatic rings. The number of hydrogen-bond acceptors (Lipinski definition) is 5. The number of fused-ring (bicyclic) bond motifs is 1. The van der Waals surface area contributed by atoms with Crippen LogP contribution in [0.1, 0.15) is 13.3 Å². The Kier molecular flexibility index (Phi) is 2.06. The van der Waals surface area contributed by atoms with Crippen LogP contribution in [0, 0.1) is 22.0 Å². The molecule has 1 fully saturated rings. The lowest BCUT2D eigenvalue weighted by molar-refractivity contribution is -0.520. The molecule has 0 aromatic heterocycles. The van der Waals surface area contributed by atoms with Crippen LogP contribution >= 0.6 is 0 Å². The van der Waals surface area contributed by atoms with Gasteiger partial charge < -0.3 is 4.74 Å². The van der Waals surface area contributed by atoms with Crippen LogP contribution in [0.3, 0.4) is 0 Å². The van der Waals surface area contributed by atoms with Crippen LogP contribution in [-0.4, -0.2) is 22.9 Å². The number of carbonyl (C=O) groups excluding carboxylic acids is 2. The van der Waals surface area contributed by atoms with Crippen LogP contribution in [0.2, 0.25) is 0 Å². The first-order chi connectivity index (χ1) is 7.02. The normalized spacial score (nSPS) is 34.5. The molecule has 0 bridgehead atoms. The van der Waals surface area contributed by atoms with E-state index in [2.05, 4.69) is 4.74 Å². The number of nitrogens with zero attached hydrogens (tertiary/aromatic N) is 1. The summed E-state index contributed by atoms with van der Waals surface area (Å²) in [5.74, 6) is -3.01. The predicted octanol–water partition coefficient (Wildman–Crippen LogP) is 0.297. The van der Waals surface area contributed by atoms with Gasteiger partial charge in [-0.3, -0.25) is 19.7 Å². The van der Waals surface area contributed by atoms with Gasteiger partial charge in [-0.2, -0.15) is 0 Å². The first-order valence-electron chi connectivity index (χ1n) is 4.58. The van der Waals surface area contributed by atoms with Crippen molar-refractivity contribution in [2.24, 2.45) is 11.8 Å². The third-order valence-electron chi connectivity index (χ3n) is 2.94. The van der Waals surface area contributed by atoms with Gasteiger partial charge in [0.1, 0.15) is 5.92 Å². The quantitative estimate of drug-likeness (QED) is 0.204. The third-order valence-corrected chi connectivity index (χ3v) is 2.94. The lowest BCUT2D eigenvalue weighted by Gasteiger charge is -2.22. The monoisotopic (exact) mass is 211 g/mol. The van der Waals surface area contributed by atoms with Crippen LogP contribution in [0.5, 0.6) is 0 Å². The van der Waals surface area contributed by atoms with Crippen LogP contribution in [0.4, 0.5) is 0 Å². The number of hydrogen-bond donors (Lipinski definition) is 0. The maximum atomic E-state index is 11.3. The predicted molar refractivity (Wildman–Crippen MR) is 47.2 cm³/mol. The summed E-state index contributed by atoms with van der Waals surface area (Å²) < 4.78 is 4.42. The van der Waals surface area contributed by atoms with Gasteiger partial charge in [0.15, 0.2) is 0 Å². The molecule has 0 aromatic carbocycles. The lowest BCUT2D eigenvalue weighted by Crippen LogP contribution is -2.39. The second kappa shape index (κ2) is 3.15. The molecule has 1 aliphatic heterocycles. The Morgan fingerprint density at radius 2 is 2.13 bits per heavy atom. The Bertz CT molecular complexity index is 386. The zero-order valence-corrected chi connectivity index (χ0v) is 8.00. The minimum atomic E-state index is -1.11. The maximum Gasteiger partial charge on any atom is 0.324 e. The molecule has 2 rings (SSSR count). The molecular weight excluding hydrogens is 202 g/mol. The SMILES string of the molecule is CC1=CCC2C(=O)OC(=O)C2C1[N+](=O)[O-]. The van der Waals surface area contributed by atoms with E-state index < -0.39 is 34.7 Å². The summed E-state index contributed by atoms with van der Waals surface area (Å²) in [4.78, 5) is 32.8. The average molecular weight is 211 g/mol. The molecule has 1 heterocycles. The average Bonchev–Trinajstić information content (AvgIpc) is 2.41. The summed E-state index contributed by atoms with van der Waals surface area (Å²) in [7, 11) is 0. The molecule has 0 saturated carbocycles. The topological polar surface area (TPSA) is 86.5 Å². The molecule has 1 aliphatic carbocycles. The van der Waals surface area contributed by atoms with Gasteiger partial charge in [0.05, 0.1) is 5.92 Å². The number of esters is 2. The van der Waals surface area contributed by atoms with Crippen molar-refractivity contribution in [1.29, 1.82) is 0 Å². The number of cyclic esters (lactones) is 2. The minimum absolute atomic E-state index is 0.353.